The molecule has 0 radical (unpaired) electrons. The predicted octanol–water partition coefficient (Wildman–Crippen LogP) is 2.53. The van der Waals surface area contributed by atoms with Crippen molar-refractivity contribution in [2.75, 3.05) is 13.1 Å². The van der Waals surface area contributed by atoms with E-state index in [-0.39, 0.29) is 12.3 Å². The Labute approximate surface area is 85.6 Å². The van der Waals surface area contributed by atoms with Crippen molar-refractivity contribution in [2.24, 2.45) is 5.29 Å². The van der Waals surface area contributed by atoms with Gasteiger partial charge in [0, 0.05) is 13.0 Å². The molecule has 0 unspecified atom stereocenters. The van der Waals surface area contributed by atoms with E-state index in [0.717, 1.165) is 25.7 Å². The predicted molar refractivity (Wildman–Crippen MR) is 56.8 cm³/mol. The Morgan fingerprint density at radius 3 is 2.43 bits per heavy atom. The summed E-state index contributed by atoms with van der Waals surface area (Å²) in [5.41, 5.74) is 0. The minimum absolute atomic E-state index is 0.101. The second kappa shape index (κ2) is 8.66. The Morgan fingerprint density at radius 1 is 1.21 bits per heavy atom. The lowest BCUT2D eigenvalue weighted by Crippen LogP contribution is -2.25. The van der Waals surface area contributed by atoms with Crippen molar-refractivity contribution < 1.29 is 4.79 Å². The van der Waals surface area contributed by atoms with Gasteiger partial charge in [-0.05, 0) is 12.8 Å². The van der Waals surface area contributed by atoms with Crippen LogP contribution in [0.4, 0.5) is 0 Å². The highest BCUT2D eigenvalue weighted by Crippen LogP contribution is 2.00. The Bertz CT molecular complexity index is 172. The van der Waals surface area contributed by atoms with Gasteiger partial charge in [-0.3, -0.25) is 9.80 Å². The summed E-state index contributed by atoms with van der Waals surface area (Å²) in [6, 6.07) is 0. The minimum Gasteiger partial charge on any atom is -0.298 e. The van der Waals surface area contributed by atoms with Gasteiger partial charge in [0.25, 0.3) is 0 Å². The third kappa shape index (κ3) is 6.57. The number of carbonyl (C=O) groups excluding carboxylic acids is 1. The van der Waals surface area contributed by atoms with Gasteiger partial charge in [0.05, 0.1) is 11.8 Å². The standard InChI is InChI=1S/C10H20N2O2/c1-3-5-6-8-12(11-14)9-10(13)7-4-2/h3-9H2,1-2H3. The van der Waals surface area contributed by atoms with Crippen LogP contribution in [-0.2, 0) is 4.79 Å². The number of unbranched alkanes of at least 4 members (excludes halogenated alkanes) is 2. The summed E-state index contributed by atoms with van der Waals surface area (Å²) >= 11 is 0. The lowest BCUT2D eigenvalue weighted by molar-refractivity contribution is -0.120. The largest absolute Gasteiger partial charge is 0.298 e. The fourth-order valence-corrected chi connectivity index (χ4v) is 1.25. The number of nitrogens with zero attached hydrogens (tertiary/aromatic N) is 2. The van der Waals surface area contributed by atoms with E-state index in [0.29, 0.717) is 13.0 Å². The summed E-state index contributed by atoms with van der Waals surface area (Å²) in [5.74, 6) is 0.101. The number of rotatable bonds is 9. The molecule has 14 heavy (non-hydrogen) atoms. The fourth-order valence-electron chi connectivity index (χ4n) is 1.25. The van der Waals surface area contributed by atoms with Crippen LogP contribution in [0.2, 0.25) is 0 Å². The molecule has 0 aliphatic heterocycles. The molecule has 0 aromatic carbocycles. The number of hydrogen-bond acceptors (Lipinski definition) is 3. The van der Waals surface area contributed by atoms with E-state index in [1.807, 2.05) is 6.92 Å². The van der Waals surface area contributed by atoms with Crippen LogP contribution in [0.5, 0.6) is 0 Å². The fraction of sp³-hybridized carbons (Fsp3) is 0.900. The molecule has 0 atom stereocenters. The quantitative estimate of drug-likeness (QED) is 0.326. The monoisotopic (exact) mass is 200 g/mol. The Balaban J connectivity index is 3.67. The van der Waals surface area contributed by atoms with Crippen LogP contribution in [0, 0.1) is 4.91 Å². The van der Waals surface area contributed by atoms with Crippen molar-refractivity contribution in [1.82, 2.24) is 5.01 Å². The number of Topliss-reactive ketones (excluding diaryl/α,β-unsaturated/α-hetero) is 1. The first kappa shape index (κ1) is 13.1. The van der Waals surface area contributed by atoms with Gasteiger partial charge < -0.3 is 0 Å². The summed E-state index contributed by atoms with van der Waals surface area (Å²) in [7, 11) is 0. The van der Waals surface area contributed by atoms with Crippen LogP contribution in [0.25, 0.3) is 0 Å². The van der Waals surface area contributed by atoms with Crippen LogP contribution >= 0.6 is 0 Å². The van der Waals surface area contributed by atoms with Crippen molar-refractivity contribution in [3.8, 4) is 0 Å². The van der Waals surface area contributed by atoms with Gasteiger partial charge in [0.1, 0.15) is 0 Å². The van der Waals surface area contributed by atoms with E-state index >= 15 is 0 Å². The van der Waals surface area contributed by atoms with Gasteiger partial charge in [-0.25, -0.2) is 0 Å². The summed E-state index contributed by atoms with van der Waals surface area (Å²) in [5, 5.41) is 4.17. The highest BCUT2D eigenvalue weighted by molar-refractivity contribution is 5.80. The Kier molecular flexibility index (Phi) is 8.08. The van der Waals surface area contributed by atoms with E-state index in [2.05, 4.69) is 12.2 Å². The maximum absolute atomic E-state index is 11.2. The van der Waals surface area contributed by atoms with Crippen LogP contribution < -0.4 is 0 Å². The average Bonchev–Trinajstić information content (AvgIpc) is 2.17. The number of hydrogen-bond donors (Lipinski definition) is 0. The molecule has 0 N–H and O–H groups in total. The zero-order valence-corrected chi connectivity index (χ0v) is 9.16. The lowest BCUT2D eigenvalue weighted by Gasteiger charge is -2.13. The molecule has 0 spiro atoms. The highest BCUT2D eigenvalue weighted by atomic mass is 16.3. The first-order chi connectivity index (χ1) is 6.74. The molecule has 4 nitrogen and oxygen atoms in total. The van der Waals surface area contributed by atoms with Crippen molar-refractivity contribution in [3.05, 3.63) is 4.91 Å². The number of carbonyl (C=O) groups is 1. The van der Waals surface area contributed by atoms with Crippen molar-refractivity contribution in [2.45, 2.75) is 46.0 Å². The smallest absolute Gasteiger partial charge is 0.153 e. The number of ketones is 1. The second-order valence-corrected chi connectivity index (χ2v) is 3.47. The van der Waals surface area contributed by atoms with Gasteiger partial charge in [-0.15, -0.1) is 4.91 Å². The molecule has 0 saturated heterocycles. The maximum Gasteiger partial charge on any atom is 0.153 e. The van der Waals surface area contributed by atoms with Crippen LogP contribution in [0.1, 0.15) is 46.0 Å². The maximum atomic E-state index is 11.2. The Morgan fingerprint density at radius 2 is 1.93 bits per heavy atom. The third-order valence-corrected chi connectivity index (χ3v) is 2.02. The lowest BCUT2D eigenvalue weighted by atomic mass is 10.2. The van der Waals surface area contributed by atoms with Crippen molar-refractivity contribution >= 4 is 5.78 Å². The van der Waals surface area contributed by atoms with E-state index in [1.165, 1.54) is 5.01 Å². The van der Waals surface area contributed by atoms with E-state index in [1.54, 1.807) is 0 Å². The molecule has 0 aromatic rings. The number of nitroso groups, excluding NO2 is 1. The molecule has 4 heteroatoms. The van der Waals surface area contributed by atoms with Gasteiger partial charge in [0.15, 0.2) is 5.78 Å². The molecule has 0 rings (SSSR count). The first-order valence-electron chi connectivity index (χ1n) is 5.34. The molecule has 0 fully saturated rings. The summed E-state index contributed by atoms with van der Waals surface area (Å²) in [4.78, 5) is 21.6. The zero-order valence-electron chi connectivity index (χ0n) is 9.16. The van der Waals surface area contributed by atoms with Gasteiger partial charge in [-0.1, -0.05) is 26.7 Å². The molecule has 0 saturated carbocycles. The third-order valence-electron chi connectivity index (χ3n) is 2.02. The van der Waals surface area contributed by atoms with Crippen molar-refractivity contribution in [3.63, 3.8) is 0 Å². The molecular weight excluding hydrogens is 180 g/mol. The van der Waals surface area contributed by atoms with Crippen molar-refractivity contribution in [1.29, 1.82) is 0 Å². The van der Waals surface area contributed by atoms with Crippen LogP contribution in [0.3, 0.4) is 0 Å². The van der Waals surface area contributed by atoms with Crippen LogP contribution in [-0.4, -0.2) is 23.9 Å². The molecule has 0 bridgehead atoms. The molecule has 0 aliphatic carbocycles. The normalized spacial score (nSPS) is 9.86. The zero-order chi connectivity index (χ0) is 10.8. The van der Waals surface area contributed by atoms with E-state index in [9.17, 15) is 9.70 Å². The summed E-state index contributed by atoms with van der Waals surface area (Å²) in [6.45, 7) is 4.84. The van der Waals surface area contributed by atoms with Gasteiger partial charge in [0.2, 0.25) is 0 Å². The molecule has 0 heterocycles. The molecule has 82 valence electrons. The SMILES string of the molecule is CCCCCN(CC(=O)CCC)N=O. The van der Waals surface area contributed by atoms with E-state index < -0.39 is 0 Å². The molecule has 0 aromatic heterocycles. The van der Waals surface area contributed by atoms with Gasteiger partial charge in [-0.2, -0.15) is 0 Å². The summed E-state index contributed by atoms with van der Waals surface area (Å²) < 4.78 is 0. The molecule has 0 amide bonds. The van der Waals surface area contributed by atoms with E-state index in [4.69, 9.17) is 0 Å². The first-order valence-corrected chi connectivity index (χ1v) is 5.34. The average molecular weight is 200 g/mol. The minimum atomic E-state index is 0.101. The topological polar surface area (TPSA) is 49.7 Å². The Hall–Kier alpha value is -0.930. The molecule has 0 aliphatic rings. The molecular formula is C10H20N2O2. The van der Waals surface area contributed by atoms with Gasteiger partial charge >= 0.3 is 0 Å². The second-order valence-electron chi connectivity index (χ2n) is 3.47. The van der Waals surface area contributed by atoms with Crippen LogP contribution in [0.15, 0.2) is 5.29 Å². The summed E-state index contributed by atoms with van der Waals surface area (Å²) in [6.07, 6.45) is 4.49. The highest BCUT2D eigenvalue weighted by Gasteiger charge is 2.08.